The number of nitro groups is 1. The quantitative estimate of drug-likeness (QED) is 0.0721. The highest BCUT2D eigenvalue weighted by Gasteiger charge is 2.51. The molecule has 5 saturated heterocycles. The van der Waals surface area contributed by atoms with Gasteiger partial charge in [0.1, 0.15) is 29.8 Å². The summed E-state index contributed by atoms with van der Waals surface area (Å²) in [6.07, 6.45) is 8.04. The Morgan fingerprint density at radius 3 is 2.46 bits per heavy atom. The molecule has 15 rings (SSSR count). The fourth-order valence-electron chi connectivity index (χ4n) is 15.8. The molecule has 0 unspecified atom stereocenters. The smallest absolute Gasteiger partial charge is 0.297 e. The summed E-state index contributed by atoms with van der Waals surface area (Å²) in [4.78, 5) is 51.1. The van der Waals surface area contributed by atoms with Gasteiger partial charge in [-0.2, -0.15) is 9.97 Å². The molecule has 8 aliphatic heterocycles. The van der Waals surface area contributed by atoms with Crippen molar-refractivity contribution in [1.29, 1.82) is 0 Å². The van der Waals surface area contributed by atoms with Gasteiger partial charge in [0, 0.05) is 118 Å². The van der Waals surface area contributed by atoms with Gasteiger partial charge in [-0.3, -0.25) is 24.7 Å². The second-order valence-corrected chi connectivity index (χ2v) is 28.0. The van der Waals surface area contributed by atoms with Crippen LogP contribution in [0.3, 0.4) is 0 Å². The van der Waals surface area contributed by atoms with Crippen LogP contribution in [0.4, 0.5) is 38.6 Å². The molecule has 23 nitrogen and oxygen atoms in total. The third-order valence-corrected chi connectivity index (χ3v) is 21.9. The van der Waals surface area contributed by atoms with E-state index in [0.717, 1.165) is 112 Å². The van der Waals surface area contributed by atoms with E-state index in [1.807, 2.05) is 42.2 Å². The zero-order chi connectivity index (χ0) is 62.3. The molecule has 0 radical (unpaired) electrons. The van der Waals surface area contributed by atoms with Crippen molar-refractivity contribution in [3.8, 4) is 23.3 Å². The highest BCUT2D eigenvalue weighted by Crippen LogP contribution is 2.55. The number of nitro benzene ring substituents is 1. The molecule has 6 aromatic rings. The van der Waals surface area contributed by atoms with Gasteiger partial charge < -0.3 is 58.2 Å². The maximum atomic E-state index is 16.3. The Kier molecular flexibility index (Phi) is 15.9. The number of sulfonamides is 1. The number of aromatic nitrogens is 3. The van der Waals surface area contributed by atoms with E-state index < -0.39 is 37.5 Å². The maximum absolute atomic E-state index is 16.3. The third kappa shape index (κ3) is 11.3. The number of anilines is 5. The summed E-state index contributed by atoms with van der Waals surface area (Å²) in [6, 6.07) is 21.4. The molecule has 1 amide bonds. The molecular formula is C66H78FN11O12S. The molecule has 1 aliphatic carbocycles. The van der Waals surface area contributed by atoms with Crippen LogP contribution >= 0.6 is 0 Å². The van der Waals surface area contributed by atoms with Gasteiger partial charge in [-0.25, -0.2) is 17.5 Å². The molecule has 1 spiro atoms. The van der Waals surface area contributed by atoms with Gasteiger partial charge in [0.05, 0.1) is 77.8 Å². The molecule has 91 heavy (non-hydrogen) atoms. The van der Waals surface area contributed by atoms with Crippen LogP contribution in [0.1, 0.15) is 106 Å². The number of rotatable bonds is 13. The third-order valence-electron chi connectivity index (χ3n) is 20.6. The molecule has 9 aliphatic rings. The number of hydrogen-bond acceptors (Lipinski definition) is 20. The molecule has 3 N–H and O–H groups in total. The maximum Gasteiger partial charge on any atom is 0.297 e. The lowest BCUT2D eigenvalue weighted by atomic mass is 9.59. The second kappa shape index (κ2) is 24.2. The Morgan fingerprint density at radius 1 is 0.835 bits per heavy atom. The number of ether oxygens (including phenoxy) is 7. The number of para-hydroxylation sites is 1. The van der Waals surface area contributed by atoms with Crippen molar-refractivity contribution in [2.24, 2.45) is 11.3 Å². The Balaban J connectivity index is 0.695. The van der Waals surface area contributed by atoms with E-state index in [4.69, 9.17) is 43.1 Å². The van der Waals surface area contributed by atoms with Crippen LogP contribution in [0.2, 0.25) is 0 Å². The number of carbonyl (C=O) groups is 1. The average Bonchev–Trinajstić information content (AvgIpc) is 1.23. The number of aromatic amines is 1. The average molecular weight is 1270 g/mol. The van der Waals surface area contributed by atoms with E-state index in [9.17, 15) is 18.5 Å². The van der Waals surface area contributed by atoms with Crippen LogP contribution in [0.25, 0.3) is 11.0 Å². The number of fused-ring (bicyclic) bond motifs is 5. The molecule has 25 heteroatoms. The standard InChI is InChI=1S/C66H78FN11O12S/c1-39(2)89-57-7-5-4-6-46(57)56-35-74(51-14-26-87-64-48(51)32-49(67)62(71-64)75-22-27-86-36-40(75)3)20-21-76(56)44-33-66(34-44)15-18-73(19-16-66)43-8-9-47(53(29-43)77-52-13-25-85-38-59(52)90-65-55(77)28-42-10-17-68-61(42)70-65)63(79)72-91(82,83)45-30-54(78(80)81)60-58(31-45)88-37-50(69-60)41-11-23-84-24-12-41/h4-10,17,28-32,39-41,44,50-52,56,59,69H,11-16,18-27,33-38H2,1-3H3,(H,68,70)(H,72,79)/t40-,50-,51+,52-,56-,59-/m0/s1. The molecule has 6 atom stereocenters. The number of morpholine rings is 1. The van der Waals surface area contributed by atoms with E-state index >= 15 is 9.18 Å². The van der Waals surface area contributed by atoms with Crippen molar-refractivity contribution >= 4 is 61.2 Å². The Labute approximate surface area is 528 Å². The Bertz CT molecular complexity index is 3870. The van der Waals surface area contributed by atoms with Crippen LogP contribution in [0, 0.1) is 27.3 Å². The van der Waals surface area contributed by atoms with Crippen molar-refractivity contribution in [2.75, 3.05) is 112 Å². The van der Waals surface area contributed by atoms with Gasteiger partial charge in [-0.05, 0) is 120 Å². The number of hydrogen-bond donors (Lipinski definition) is 3. The number of piperidine rings is 1. The first kappa shape index (κ1) is 59.7. The van der Waals surface area contributed by atoms with Gasteiger partial charge in [-0.1, -0.05) is 18.2 Å². The number of H-pyrrole nitrogens is 1. The highest BCUT2D eigenvalue weighted by atomic mass is 32.2. The van der Waals surface area contributed by atoms with Gasteiger partial charge >= 0.3 is 0 Å². The first-order valence-corrected chi connectivity index (χ1v) is 33.8. The Morgan fingerprint density at radius 2 is 1.65 bits per heavy atom. The number of pyridine rings is 2. The summed E-state index contributed by atoms with van der Waals surface area (Å²) >= 11 is 0. The summed E-state index contributed by atoms with van der Waals surface area (Å²) in [7, 11) is -4.74. The number of piperazine rings is 1. The van der Waals surface area contributed by atoms with E-state index in [0.29, 0.717) is 93.2 Å². The predicted octanol–water partition coefficient (Wildman–Crippen LogP) is 9.06. The summed E-state index contributed by atoms with van der Waals surface area (Å²) in [6.45, 7) is 14.1. The molecule has 3 aromatic carbocycles. The number of carbonyl (C=O) groups excluding carboxylic acids is 1. The van der Waals surface area contributed by atoms with Crippen LogP contribution in [0.5, 0.6) is 23.3 Å². The normalized spacial score (nSPS) is 25.4. The number of nitrogens with zero attached hydrogens (tertiary/aromatic N) is 8. The topological polar surface area (TPSA) is 241 Å². The van der Waals surface area contributed by atoms with Crippen LogP contribution < -0.4 is 43.7 Å². The van der Waals surface area contributed by atoms with Gasteiger partial charge in [0.25, 0.3) is 21.6 Å². The van der Waals surface area contributed by atoms with E-state index in [-0.39, 0.29) is 83.7 Å². The zero-order valence-electron chi connectivity index (χ0n) is 51.5. The lowest BCUT2D eigenvalue weighted by molar-refractivity contribution is -0.384. The Hall–Kier alpha value is -7.55. The first-order chi connectivity index (χ1) is 44.1. The van der Waals surface area contributed by atoms with E-state index in [2.05, 4.69) is 66.7 Å². The molecule has 1 saturated carbocycles. The minimum Gasteiger partial charge on any atom is -0.491 e. The SMILES string of the molecule is CC(C)Oc1ccccc1[C@@H]1CN([C@@H]2CCOc3nc(N4CCOC[C@@H]4C)c(F)cc32)CCN1C1CC2(CCN(c3ccc(C(=O)NS(=O)(=O)c4cc5c(c([N+](=O)[O-])c4)N[C@H](C4CCOCC4)CO5)c(N4c5cc6cc[nH]c6nc5O[C@H]5COCC[C@@H]54)c3)CC2)C1. The summed E-state index contributed by atoms with van der Waals surface area (Å²) in [5.41, 5.74) is 4.31. The van der Waals surface area contributed by atoms with Crippen molar-refractivity contribution < 1.29 is 55.7 Å². The van der Waals surface area contributed by atoms with Crippen molar-refractivity contribution in [1.82, 2.24) is 29.5 Å². The van der Waals surface area contributed by atoms with Crippen molar-refractivity contribution in [3.05, 3.63) is 112 Å². The van der Waals surface area contributed by atoms with Gasteiger partial charge in [-0.15, -0.1) is 0 Å². The minimum atomic E-state index is -4.74. The number of halogens is 1. The molecule has 482 valence electrons. The van der Waals surface area contributed by atoms with Crippen molar-refractivity contribution in [2.45, 2.75) is 125 Å². The predicted molar refractivity (Wildman–Crippen MR) is 337 cm³/mol. The summed E-state index contributed by atoms with van der Waals surface area (Å²) in [5, 5.41) is 16.8. The zero-order valence-corrected chi connectivity index (χ0v) is 52.3. The van der Waals surface area contributed by atoms with Crippen LogP contribution in [-0.4, -0.2) is 172 Å². The largest absolute Gasteiger partial charge is 0.491 e. The highest BCUT2D eigenvalue weighted by molar-refractivity contribution is 7.90. The van der Waals surface area contributed by atoms with Gasteiger partial charge in [0.15, 0.2) is 23.1 Å². The lowest BCUT2D eigenvalue weighted by Crippen LogP contribution is -2.60. The fraction of sp³-hybridized carbons (Fsp3) is 0.530. The van der Waals surface area contributed by atoms with Crippen LogP contribution in [-0.2, 0) is 24.2 Å². The molecule has 3 aromatic heterocycles. The minimum absolute atomic E-state index is 0.00760. The summed E-state index contributed by atoms with van der Waals surface area (Å²) in [5.74, 6) is 0.948. The van der Waals surface area contributed by atoms with Crippen LogP contribution in [0.15, 0.2) is 83.9 Å². The van der Waals surface area contributed by atoms with Gasteiger partial charge in [0.2, 0.25) is 11.8 Å². The lowest BCUT2D eigenvalue weighted by Gasteiger charge is -2.58. The molecule has 6 fully saturated rings. The molecular weight excluding hydrogens is 1190 g/mol. The number of nitrogens with one attached hydrogen (secondary N) is 3. The molecule has 0 bridgehead atoms. The number of amides is 1. The van der Waals surface area contributed by atoms with Crippen molar-refractivity contribution in [3.63, 3.8) is 0 Å². The fourth-order valence-corrected chi connectivity index (χ4v) is 16.8. The first-order valence-electron chi connectivity index (χ1n) is 32.3. The van der Waals surface area contributed by atoms with E-state index in [1.165, 1.54) is 6.07 Å². The van der Waals surface area contributed by atoms with E-state index in [1.54, 1.807) is 18.3 Å². The molecule has 11 heterocycles. The number of benzene rings is 3. The summed E-state index contributed by atoms with van der Waals surface area (Å²) < 4.78 is 90.2. The monoisotopic (exact) mass is 1270 g/mol. The second-order valence-electron chi connectivity index (χ2n) is 26.4.